The number of ketones is 1. The zero-order chi connectivity index (χ0) is 20.0. The van der Waals surface area contributed by atoms with Crippen LogP contribution in [0.3, 0.4) is 0 Å². The van der Waals surface area contributed by atoms with Crippen LogP contribution in [-0.4, -0.2) is 17.5 Å². The number of allylic oxidation sites excluding steroid dienone is 2. The average Bonchev–Trinajstić information content (AvgIpc) is 2.74. The van der Waals surface area contributed by atoms with Gasteiger partial charge in [-0.15, -0.1) is 0 Å². The van der Waals surface area contributed by atoms with Crippen LogP contribution in [0.5, 0.6) is 11.5 Å². The van der Waals surface area contributed by atoms with E-state index >= 15 is 0 Å². The summed E-state index contributed by atoms with van der Waals surface area (Å²) in [6.45, 7) is 2.36. The van der Waals surface area contributed by atoms with Crippen molar-refractivity contribution in [3.8, 4) is 11.5 Å². The minimum Gasteiger partial charge on any atom is -0.504 e. The maximum atomic E-state index is 13.1. The number of benzene rings is 3. The van der Waals surface area contributed by atoms with E-state index in [0.717, 1.165) is 51.7 Å². The number of anilines is 1. The SMILES string of the molecule is CCOc1cc([C@H]2C3=C(CCCC3=O)Nc3ccc4ccccc4c32)ccc1O. The first-order valence-electron chi connectivity index (χ1n) is 10.2. The van der Waals surface area contributed by atoms with Crippen molar-refractivity contribution in [3.63, 3.8) is 0 Å². The first kappa shape index (κ1) is 17.8. The van der Waals surface area contributed by atoms with Gasteiger partial charge in [0.15, 0.2) is 17.3 Å². The number of ether oxygens (including phenoxy) is 1. The molecule has 2 N–H and O–H groups in total. The highest BCUT2D eigenvalue weighted by Gasteiger charge is 2.36. The van der Waals surface area contributed by atoms with Crippen molar-refractivity contribution in [3.05, 3.63) is 77.0 Å². The van der Waals surface area contributed by atoms with E-state index in [1.165, 1.54) is 0 Å². The Hall–Kier alpha value is -3.27. The zero-order valence-corrected chi connectivity index (χ0v) is 16.4. The molecule has 0 radical (unpaired) electrons. The third kappa shape index (κ3) is 2.87. The molecule has 1 heterocycles. The van der Waals surface area contributed by atoms with Gasteiger partial charge < -0.3 is 15.2 Å². The molecule has 0 amide bonds. The Bertz CT molecular complexity index is 1160. The Kier molecular flexibility index (Phi) is 4.27. The number of hydrogen-bond acceptors (Lipinski definition) is 4. The number of Topliss-reactive ketones (excluding diaryl/α,β-unsaturated/α-hetero) is 1. The van der Waals surface area contributed by atoms with E-state index in [1.807, 2.05) is 31.2 Å². The van der Waals surface area contributed by atoms with Crippen LogP contribution < -0.4 is 10.1 Å². The molecule has 5 rings (SSSR count). The van der Waals surface area contributed by atoms with E-state index in [0.29, 0.717) is 18.8 Å². The molecule has 3 aromatic rings. The quantitative estimate of drug-likeness (QED) is 0.624. The van der Waals surface area contributed by atoms with Crippen LogP contribution in [0.4, 0.5) is 5.69 Å². The van der Waals surface area contributed by atoms with Gasteiger partial charge in [-0.3, -0.25) is 4.79 Å². The molecule has 0 saturated heterocycles. The van der Waals surface area contributed by atoms with Gasteiger partial charge in [0.05, 0.1) is 6.61 Å². The number of hydrogen-bond donors (Lipinski definition) is 2. The topological polar surface area (TPSA) is 58.6 Å². The minimum atomic E-state index is -0.181. The lowest BCUT2D eigenvalue weighted by Crippen LogP contribution is -2.27. The van der Waals surface area contributed by atoms with Crippen molar-refractivity contribution in [1.29, 1.82) is 0 Å². The molecule has 0 saturated carbocycles. The number of phenolic OH excluding ortho intramolecular Hbond substituents is 1. The summed E-state index contributed by atoms with van der Waals surface area (Å²) < 4.78 is 5.64. The van der Waals surface area contributed by atoms with E-state index < -0.39 is 0 Å². The van der Waals surface area contributed by atoms with E-state index in [1.54, 1.807) is 6.07 Å². The summed E-state index contributed by atoms with van der Waals surface area (Å²) in [6, 6.07) is 18.0. The Morgan fingerprint density at radius 3 is 2.83 bits per heavy atom. The third-order valence-corrected chi connectivity index (χ3v) is 5.91. The molecule has 3 aromatic carbocycles. The van der Waals surface area contributed by atoms with Crippen LogP contribution >= 0.6 is 0 Å². The van der Waals surface area contributed by atoms with Crippen LogP contribution in [0.15, 0.2) is 65.9 Å². The molecule has 0 aromatic heterocycles. The lowest BCUT2D eigenvalue weighted by atomic mass is 9.74. The van der Waals surface area contributed by atoms with Crippen molar-refractivity contribution in [2.24, 2.45) is 0 Å². The van der Waals surface area contributed by atoms with E-state index in [9.17, 15) is 9.90 Å². The van der Waals surface area contributed by atoms with Gasteiger partial charge in [0, 0.05) is 29.3 Å². The summed E-state index contributed by atoms with van der Waals surface area (Å²) in [5.74, 6) is 0.593. The van der Waals surface area contributed by atoms with Crippen molar-refractivity contribution >= 4 is 22.2 Å². The molecule has 2 aliphatic rings. The standard InChI is InChI=1S/C25H23NO3/c1-2-29-22-14-16(11-13-20(22)27)23-24-17-7-4-3-6-15(17)10-12-19(24)26-18-8-5-9-21(28)25(18)23/h3-4,6-7,10-14,23,26-27H,2,5,8-9H2,1H3/t23-/m1/s1. The minimum absolute atomic E-state index is 0.117. The molecule has 1 aliphatic heterocycles. The van der Waals surface area contributed by atoms with Crippen molar-refractivity contribution < 1.29 is 14.6 Å². The largest absolute Gasteiger partial charge is 0.504 e. The molecule has 0 spiro atoms. The summed E-state index contributed by atoms with van der Waals surface area (Å²) in [7, 11) is 0. The van der Waals surface area contributed by atoms with Gasteiger partial charge in [-0.25, -0.2) is 0 Å². The fraction of sp³-hybridized carbons (Fsp3) is 0.240. The number of rotatable bonds is 3. The molecule has 4 heteroatoms. The second kappa shape index (κ2) is 6.96. The highest BCUT2D eigenvalue weighted by atomic mass is 16.5. The highest BCUT2D eigenvalue weighted by Crippen LogP contribution is 2.48. The molecule has 29 heavy (non-hydrogen) atoms. The van der Waals surface area contributed by atoms with Crippen LogP contribution in [0.2, 0.25) is 0 Å². The predicted octanol–water partition coefficient (Wildman–Crippen LogP) is 5.51. The first-order chi connectivity index (χ1) is 14.2. The molecular formula is C25H23NO3. The van der Waals surface area contributed by atoms with Crippen LogP contribution in [0.1, 0.15) is 43.2 Å². The predicted molar refractivity (Wildman–Crippen MR) is 115 cm³/mol. The Labute approximate surface area is 169 Å². The number of carbonyl (C=O) groups excluding carboxylic acids is 1. The number of nitrogens with one attached hydrogen (secondary N) is 1. The summed E-state index contributed by atoms with van der Waals surface area (Å²) in [5, 5.41) is 16.0. The van der Waals surface area contributed by atoms with Gasteiger partial charge in [-0.2, -0.15) is 0 Å². The fourth-order valence-electron chi connectivity index (χ4n) is 4.67. The third-order valence-electron chi connectivity index (χ3n) is 5.91. The van der Waals surface area contributed by atoms with Gasteiger partial charge in [-0.05, 0) is 59.9 Å². The van der Waals surface area contributed by atoms with Gasteiger partial charge in [-0.1, -0.05) is 36.4 Å². The van der Waals surface area contributed by atoms with E-state index in [2.05, 4.69) is 29.6 Å². The monoisotopic (exact) mass is 385 g/mol. The summed E-state index contributed by atoms with van der Waals surface area (Å²) in [5.41, 5.74) is 5.01. The van der Waals surface area contributed by atoms with E-state index in [4.69, 9.17) is 4.74 Å². The molecule has 1 aliphatic carbocycles. The first-order valence-corrected chi connectivity index (χ1v) is 10.2. The average molecular weight is 385 g/mol. The molecule has 4 nitrogen and oxygen atoms in total. The smallest absolute Gasteiger partial charge is 0.161 e. The van der Waals surface area contributed by atoms with Crippen LogP contribution in [-0.2, 0) is 4.79 Å². The van der Waals surface area contributed by atoms with Crippen LogP contribution in [0.25, 0.3) is 10.8 Å². The van der Waals surface area contributed by atoms with Crippen LogP contribution in [0, 0.1) is 0 Å². The Morgan fingerprint density at radius 2 is 1.97 bits per heavy atom. The highest BCUT2D eigenvalue weighted by molar-refractivity contribution is 6.04. The van der Waals surface area contributed by atoms with Crippen molar-refractivity contribution in [1.82, 2.24) is 0 Å². The maximum absolute atomic E-state index is 13.1. The maximum Gasteiger partial charge on any atom is 0.161 e. The lowest BCUT2D eigenvalue weighted by molar-refractivity contribution is -0.116. The molecule has 0 bridgehead atoms. The van der Waals surface area contributed by atoms with Gasteiger partial charge in [0.1, 0.15) is 0 Å². The normalized spacial score (nSPS) is 18.2. The number of aromatic hydroxyl groups is 1. The van der Waals surface area contributed by atoms with Gasteiger partial charge >= 0.3 is 0 Å². The Morgan fingerprint density at radius 1 is 1.10 bits per heavy atom. The fourth-order valence-corrected chi connectivity index (χ4v) is 4.67. The van der Waals surface area contributed by atoms with E-state index in [-0.39, 0.29) is 17.5 Å². The second-order valence-electron chi connectivity index (χ2n) is 7.64. The van der Waals surface area contributed by atoms with Gasteiger partial charge in [0.2, 0.25) is 0 Å². The molecular weight excluding hydrogens is 362 g/mol. The molecule has 0 fully saturated rings. The summed E-state index contributed by atoms with van der Waals surface area (Å²) in [6.07, 6.45) is 2.33. The summed E-state index contributed by atoms with van der Waals surface area (Å²) >= 11 is 0. The molecule has 1 atom stereocenters. The Balaban J connectivity index is 1.80. The lowest BCUT2D eigenvalue weighted by Gasteiger charge is -2.35. The molecule has 146 valence electrons. The number of carbonyl (C=O) groups is 1. The van der Waals surface area contributed by atoms with Crippen molar-refractivity contribution in [2.75, 3.05) is 11.9 Å². The van der Waals surface area contributed by atoms with Crippen molar-refractivity contribution in [2.45, 2.75) is 32.1 Å². The number of phenols is 1. The molecule has 0 unspecified atom stereocenters. The summed E-state index contributed by atoms with van der Waals surface area (Å²) in [4.78, 5) is 13.1. The second-order valence-corrected chi connectivity index (χ2v) is 7.64. The number of fused-ring (bicyclic) bond motifs is 3. The zero-order valence-electron chi connectivity index (χ0n) is 16.4. The van der Waals surface area contributed by atoms with Gasteiger partial charge in [0.25, 0.3) is 0 Å².